The summed E-state index contributed by atoms with van der Waals surface area (Å²) in [6, 6.07) is 4.45. The van der Waals surface area contributed by atoms with Crippen molar-refractivity contribution in [3.63, 3.8) is 0 Å². The van der Waals surface area contributed by atoms with Gasteiger partial charge in [0.05, 0.1) is 17.1 Å². The van der Waals surface area contributed by atoms with Gasteiger partial charge in [-0.1, -0.05) is 0 Å². The smallest absolute Gasteiger partial charge is 0.262 e. The van der Waals surface area contributed by atoms with Crippen LogP contribution >= 0.6 is 0 Å². The minimum atomic E-state index is -3.68. The summed E-state index contributed by atoms with van der Waals surface area (Å²) in [5.41, 5.74) is 0.359. The first-order valence-corrected chi connectivity index (χ1v) is 9.90. The van der Waals surface area contributed by atoms with Gasteiger partial charge in [0.1, 0.15) is 5.75 Å². The first-order chi connectivity index (χ1) is 12.4. The van der Waals surface area contributed by atoms with Crippen LogP contribution in [0.2, 0.25) is 0 Å². The third-order valence-electron chi connectivity index (χ3n) is 4.29. The van der Waals surface area contributed by atoms with Crippen molar-refractivity contribution in [2.24, 2.45) is 0 Å². The molecule has 0 aromatic heterocycles. The van der Waals surface area contributed by atoms with Crippen LogP contribution < -0.4 is 15.4 Å². The monoisotopic (exact) mass is 382 g/mol. The van der Waals surface area contributed by atoms with E-state index in [1.165, 1.54) is 16.4 Å². The van der Waals surface area contributed by atoms with Gasteiger partial charge in [0.15, 0.2) is 6.61 Å². The second-order valence-corrected chi connectivity index (χ2v) is 8.07. The van der Waals surface area contributed by atoms with Crippen molar-refractivity contribution in [3.05, 3.63) is 18.2 Å². The zero-order chi connectivity index (χ0) is 18.7. The molecule has 0 saturated carbocycles. The number of hydrogen-bond donors (Lipinski definition) is 2. The Bertz CT molecular complexity index is 803. The first kappa shape index (κ1) is 18.6. The van der Waals surface area contributed by atoms with Gasteiger partial charge in [-0.25, -0.2) is 8.42 Å². The van der Waals surface area contributed by atoms with Crippen molar-refractivity contribution in [3.8, 4) is 5.75 Å². The number of ether oxygens (including phenoxy) is 1. The number of nitrogens with zero attached hydrogens (tertiary/aromatic N) is 2. The van der Waals surface area contributed by atoms with E-state index < -0.39 is 10.0 Å². The summed E-state index contributed by atoms with van der Waals surface area (Å²) >= 11 is 0. The molecule has 0 bridgehead atoms. The molecule has 2 aliphatic rings. The number of sulfonamides is 1. The van der Waals surface area contributed by atoms with E-state index in [4.69, 9.17) is 4.74 Å². The van der Waals surface area contributed by atoms with Crippen LogP contribution in [-0.4, -0.2) is 75.3 Å². The Morgan fingerprint density at radius 1 is 1.27 bits per heavy atom. The topological polar surface area (TPSA) is 108 Å². The number of amides is 2. The molecule has 1 saturated heterocycles. The van der Waals surface area contributed by atoms with Crippen molar-refractivity contribution in [1.29, 1.82) is 0 Å². The molecule has 0 aliphatic carbocycles. The zero-order valence-electron chi connectivity index (χ0n) is 14.5. The second kappa shape index (κ2) is 7.60. The number of hydrogen-bond acceptors (Lipinski definition) is 6. The summed E-state index contributed by atoms with van der Waals surface area (Å²) in [7, 11) is -3.68. The average Bonchev–Trinajstić information content (AvgIpc) is 2.61. The quantitative estimate of drug-likeness (QED) is 0.708. The largest absolute Gasteiger partial charge is 0.482 e. The minimum Gasteiger partial charge on any atom is -0.482 e. The maximum Gasteiger partial charge on any atom is 0.262 e. The van der Waals surface area contributed by atoms with Crippen molar-refractivity contribution in [2.75, 3.05) is 51.2 Å². The van der Waals surface area contributed by atoms with Gasteiger partial charge in [-0.2, -0.15) is 4.31 Å². The van der Waals surface area contributed by atoms with E-state index in [0.29, 0.717) is 44.2 Å². The lowest BCUT2D eigenvalue weighted by molar-refractivity contribution is -0.122. The van der Waals surface area contributed by atoms with E-state index >= 15 is 0 Å². The number of carbonyl (C=O) groups excluding carboxylic acids is 2. The lowest BCUT2D eigenvalue weighted by Crippen LogP contribution is -2.51. The molecule has 10 heteroatoms. The summed E-state index contributed by atoms with van der Waals surface area (Å²) in [6.07, 6.45) is 0. The Morgan fingerprint density at radius 2 is 2.00 bits per heavy atom. The number of nitrogens with one attached hydrogen (secondary N) is 2. The third-order valence-corrected chi connectivity index (χ3v) is 6.19. The van der Waals surface area contributed by atoms with Gasteiger partial charge in [-0.15, -0.1) is 0 Å². The van der Waals surface area contributed by atoms with Crippen LogP contribution in [0.5, 0.6) is 5.75 Å². The SMILES string of the molecule is CCNC(=O)CN1CCN(S(=O)(=O)c2ccc3c(c2)NC(=O)CO3)CC1. The highest BCUT2D eigenvalue weighted by atomic mass is 32.2. The number of rotatable bonds is 5. The van der Waals surface area contributed by atoms with Gasteiger partial charge < -0.3 is 15.4 Å². The van der Waals surface area contributed by atoms with Gasteiger partial charge in [-0.05, 0) is 25.1 Å². The molecule has 2 amide bonds. The standard InChI is InChI=1S/C16H22N4O5S/c1-2-17-15(21)10-19-5-7-20(8-6-19)26(23,24)12-3-4-14-13(9-12)18-16(22)11-25-14/h3-4,9H,2,5-8,10-11H2,1H3,(H,17,21)(H,18,22). The second-order valence-electron chi connectivity index (χ2n) is 6.13. The maximum absolute atomic E-state index is 12.9. The van der Waals surface area contributed by atoms with Gasteiger partial charge >= 0.3 is 0 Å². The fraction of sp³-hybridized carbons (Fsp3) is 0.500. The third kappa shape index (κ3) is 3.97. The molecule has 9 nitrogen and oxygen atoms in total. The number of fused-ring (bicyclic) bond motifs is 1. The molecule has 26 heavy (non-hydrogen) atoms. The number of anilines is 1. The average molecular weight is 382 g/mol. The summed E-state index contributed by atoms with van der Waals surface area (Å²) in [4.78, 5) is 25.1. The van der Waals surface area contributed by atoms with E-state index in [0.717, 1.165) is 0 Å². The van der Waals surface area contributed by atoms with Crippen molar-refractivity contribution in [1.82, 2.24) is 14.5 Å². The number of piperazine rings is 1. The van der Waals surface area contributed by atoms with Gasteiger partial charge in [0.25, 0.3) is 5.91 Å². The molecule has 0 spiro atoms. The Kier molecular flexibility index (Phi) is 5.44. The molecule has 3 rings (SSSR count). The van der Waals surface area contributed by atoms with Gasteiger partial charge in [0, 0.05) is 32.7 Å². The summed E-state index contributed by atoms with van der Waals surface area (Å²) in [5.74, 6) is 0.0792. The lowest BCUT2D eigenvalue weighted by Gasteiger charge is -2.33. The molecule has 2 N–H and O–H groups in total. The maximum atomic E-state index is 12.9. The molecule has 1 aromatic carbocycles. The van der Waals surface area contributed by atoms with E-state index in [2.05, 4.69) is 10.6 Å². The molecule has 142 valence electrons. The van der Waals surface area contributed by atoms with Crippen LogP contribution in [-0.2, 0) is 19.6 Å². The van der Waals surface area contributed by atoms with Crippen LogP contribution in [0, 0.1) is 0 Å². The van der Waals surface area contributed by atoms with E-state index in [9.17, 15) is 18.0 Å². The van der Waals surface area contributed by atoms with Gasteiger partial charge in [0.2, 0.25) is 15.9 Å². The van der Waals surface area contributed by atoms with Crippen LogP contribution in [0.3, 0.4) is 0 Å². The first-order valence-electron chi connectivity index (χ1n) is 8.46. The fourth-order valence-electron chi connectivity index (χ4n) is 2.96. The highest BCUT2D eigenvalue weighted by Gasteiger charge is 2.30. The lowest BCUT2D eigenvalue weighted by atomic mass is 10.2. The van der Waals surface area contributed by atoms with E-state index in [-0.39, 0.29) is 29.9 Å². The van der Waals surface area contributed by atoms with E-state index in [1.807, 2.05) is 11.8 Å². The summed E-state index contributed by atoms with van der Waals surface area (Å²) in [6.45, 7) is 4.21. The van der Waals surface area contributed by atoms with Crippen LogP contribution in [0.4, 0.5) is 5.69 Å². The van der Waals surface area contributed by atoms with E-state index in [1.54, 1.807) is 6.07 Å². The van der Waals surface area contributed by atoms with Crippen LogP contribution in [0.1, 0.15) is 6.92 Å². The Morgan fingerprint density at radius 3 is 2.69 bits per heavy atom. The number of likely N-dealkylation sites (N-methyl/N-ethyl adjacent to an activating group) is 1. The Hall–Kier alpha value is -2.17. The molecule has 1 aromatic rings. The minimum absolute atomic E-state index is 0.0609. The highest BCUT2D eigenvalue weighted by molar-refractivity contribution is 7.89. The molecule has 0 radical (unpaired) electrons. The molecule has 2 heterocycles. The van der Waals surface area contributed by atoms with Crippen molar-refractivity contribution < 1.29 is 22.7 Å². The Balaban J connectivity index is 1.67. The van der Waals surface area contributed by atoms with Crippen LogP contribution in [0.15, 0.2) is 23.1 Å². The molecule has 2 aliphatic heterocycles. The zero-order valence-corrected chi connectivity index (χ0v) is 15.3. The van der Waals surface area contributed by atoms with Crippen molar-refractivity contribution in [2.45, 2.75) is 11.8 Å². The Labute approximate surface area is 152 Å². The molecule has 0 atom stereocenters. The summed E-state index contributed by atoms with van der Waals surface area (Å²) < 4.78 is 32.4. The molecular weight excluding hydrogens is 360 g/mol. The fourth-order valence-corrected chi connectivity index (χ4v) is 4.40. The predicted molar refractivity (Wildman–Crippen MR) is 94.4 cm³/mol. The number of benzene rings is 1. The molecule has 0 unspecified atom stereocenters. The van der Waals surface area contributed by atoms with Crippen molar-refractivity contribution >= 4 is 27.5 Å². The molecule has 1 fully saturated rings. The summed E-state index contributed by atoms with van der Waals surface area (Å²) in [5, 5.41) is 5.35. The van der Waals surface area contributed by atoms with Gasteiger partial charge in [-0.3, -0.25) is 14.5 Å². The molecular formula is C16H22N4O5S. The normalized spacial score (nSPS) is 18.6. The van der Waals surface area contributed by atoms with Crippen LogP contribution in [0.25, 0.3) is 0 Å². The highest BCUT2D eigenvalue weighted by Crippen LogP contribution is 2.31. The number of carbonyl (C=O) groups is 2. The predicted octanol–water partition coefficient (Wildman–Crippen LogP) is -0.540.